The van der Waals surface area contributed by atoms with Gasteiger partial charge in [0.05, 0.1) is 4.92 Å². The lowest BCUT2D eigenvalue weighted by Gasteiger charge is -2.09. The minimum absolute atomic E-state index is 0.231. The molecule has 0 amide bonds. The maximum atomic E-state index is 10.8. The van der Waals surface area contributed by atoms with Gasteiger partial charge in [0, 0.05) is 23.4 Å². The molecule has 0 aliphatic carbocycles. The zero-order valence-corrected chi connectivity index (χ0v) is 11.1. The summed E-state index contributed by atoms with van der Waals surface area (Å²) in [6.07, 6.45) is 3.33. The molecule has 1 atom stereocenters. The molecule has 18 heavy (non-hydrogen) atoms. The van der Waals surface area contributed by atoms with Gasteiger partial charge >= 0.3 is 0 Å². The van der Waals surface area contributed by atoms with Crippen LogP contribution in [-0.4, -0.2) is 29.0 Å². The predicted octanol–water partition coefficient (Wildman–Crippen LogP) is 2.62. The number of nitrogens with zero attached hydrogens (tertiary/aromatic N) is 1. The molecule has 0 aromatic heterocycles. The van der Waals surface area contributed by atoms with E-state index in [0.717, 1.165) is 23.9 Å². The minimum Gasteiger partial charge on any atom is -0.315 e. The van der Waals surface area contributed by atoms with Crippen molar-refractivity contribution >= 4 is 17.4 Å². The average Bonchev–Trinajstić information content (AvgIpc) is 2.88. The molecule has 98 valence electrons. The van der Waals surface area contributed by atoms with Crippen LogP contribution in [0, 0.1) is 10.1 Å². The van der Waals surface area contributed by atoms with Crippen LogP contribution in [0.25, 0.3) is 0 Å². The molecule has 1 unspecified atom stereocenters. The molecule has 1 aromatic rings. The Labute approximate surface area is 111 Å². The number of para-hydroxylation sites is 1. The van der Waals surface area contributed by atoms with Crippen molar-refractivity contribution in [2.24, 2.45) is 0 Å². The summed E-state index contributed by atoms with van der Waals surface area (Å²) in [5, 5.41) is 15.0. The molecular weight excluding hydrogens is 248 g/mol. The van der Waals surface area contributed by atoms with Crippen LogP contribution in [0.5, 0.6) is 0 Å². The van der Waals surface area contributed by atoms with Crippen molar-refractivity contribution in [3.8, 4) is 0 Å². The molecule has 1 fully saturated rings. The van der Waals surface area contributed by atoms with Gasteiger partial charge in [0.1, 0.15) is 0 Å². The van der Waals surface area contributed by atoms with Crippen molar-refractivity contribution in [3.05, 3.63) is 39.9 Å². The molecule has 0 radical (unpaired) electrons. The molecule has 0 saturated carbocycles. The minimum atomic E-state index is -0.303. The molecule has 0 bridgehead atoms. The SMILES string of the molecule is O=[N+]([O-])c1ccccc1CCNCC1CCCS1. The smallest absolute Gasteiger partial charge is 0.272 e. The van der Waals surface area contributed by atoms with E-state index in [1.165, 1.54) is 18.6 Å². The average molecular weight is 266 g/mol. The summed E-state index contributed by atoms with van der Waals surface area (Å²) in [4.78, 5) is 10.5. The standard InChI is InChI=1S/C13H18N2O2S/c16-15(17)13-6-2-1-4-11(13)7-8-14-10-12-5-3-9-18-12/h1-2,4,6,12,14H,3,5,7-10H2. The van der Waals surface area contributed by atoms with Crippen molar-refractivity contribution in [1.82, 2.24) is 5.32 Å². The van der Waals surface area contributed by atoms with Crippen molar-refractivity contribution in [3.63, 3.8) is 0 Å². The van der Waals surface area contributed by atoms with E-state index in [-0.39, 0.29) is 10.6 Å². The molecule has 1 aromatic carbocycles. The van der Waals surface area contributed by atoms with Crippen LogP contribution in [0.1, 0.15) is 18.4 Å². The van der Waals surface area contributed by atoms with E-state index >= 15 is 0 Å². The van der Waals surface area contributed by atoms with Gasteiger partial charge < -0.3 is 5.32 Å². The fourth-order valence-corrected chi connectivity index (χ4v) is 3.43. The van der Waals surface area contributed by atoms with E-state index < -0.39 is 0 Å². The fraction of sp³-hybridized carbons (Fsp3) is 0.538. The molecule has 1 saturated heterocycles. The Morgan fingerprint density at radius 1 is 1.44 bits per heavy atom. The number of nitro benzene ring substituents is 1. The Morgan fingerprint density at radius 3 is 3.00 bits per heavy atom. The molecule has 1 aliphatic rings. The largest absolute Gasteiger partial charge is 0.315 e. The van der Waals surface area contributed by atoms with Gasteiger partial charge in [-0.3, -0.25) is 10.1 Å². The van der Waals surface area contributed by atoms with E-state index in [9.17, 15) is 10.1 Å². The first kappa shape index (κ1) is 13.4. The number of thioether (sulfide) groups is 1. The summed E-state index contributed by atoms with van der Waals surface area (Å²) in [6.45, 7) is 1.83. The van der Waals surface area contributed by atoms with Crippen LogP contribution in [-0.2, 0) is 6.42 Å². The predicted molar refractivity (Wildman–Crippen MR) is 75.2 cm³/mol. The Kier molecular flexibility index (Phi) is 5.01. The van der Waals surface area contributed by atoms with Crippen LogP contribution >= 0.6 is 11.8 Å². The first-order valence-corrected chi connectivity index (χ1v) is 7.37. The topological polar surface area (TPSA) is 55.2 Å². The Bertz CT molecular complexity index is 406. The molecule has 1 N–H and O–H groups in total. The van der Waals surface area contributed by atoms with Crippen LogP contribution < -0.4 is 5.32 Å². The van der Waals surface area contributed by atoms with E-state index in [2.05, 4.69) is 5.32 Å². The van der Waals surface area contributed by atoms with Crippen molar-refractivity contribution in [2.75, 3.05) is 18.8 Å². The van der Waals surface area contributed by atoms with Gasteiger partial charge in [0.25, 0.3) is 5.69 Å². The summed E-state index contributed by atoms with van der Waals surface area (Å²) in [7, 11) is 0. The third-order valence-corrected chi connectivity index (χ3v) is 4.55. The summed E-state index contributed by atoms with van der Waals surface area (Å²) < 4.78 is 0. The van der Waals surface area contributed by atoms with E-state index in [1.54, 1.807) is 12.1 Å². The van der Waals surface area contributed by atoms with E-state index in [1.807, 2.05) is 23.9 Å². The molecule has 1 aliphatic heterocycles. The van der Waals surface area contributed by atoms with Gasteiger partial charge in [-0.05, 0) is 31.6 Å². The van der Waals surface area contributed by atoms with E-state index in [0.29, 0.717) is 6.42 Å². The van der Waals surface area contributed by atoms with Gasteiger partial charge in [0.15, 0.2) is 0 Å². The molecule has 4 nitrogen and oxygen atoms in total. The van der Waals surface area contributed by atoms with Crippen LogP contribution in [0.15, 0.2) is 24.3 Å². The summed E-state index contributed by atoms with van der Waals surface area (Å²) in [6, 6.07) is 6.98. The van der Waals surface area contributed by atoms with Gasteiger partial charge in [-0.15, -0.1) is 0 Å². The van der Waals surface area contributed by atoms with Crippen LogP contribution in [0.2, 0.25) is 0 Å². The highest BCUT2D eigenvalue weighted by atomic mass is 32.2. The Balaban J connectivity index is 1.77. The number of hydrogen-bond acceptors (Lipinski definition) is 4. The number of hydrogen-bond donors (Lipinski definition) is 1. The molecule has 1 heterocycles. The lowest BCUT2D eigenvalue weighted by molar-refractivity contribution is -0.385. The normalized spacial score (nSPS) is 19.0. The number of rotatable bonds is 6. The Morgan fingerprint density at radius 2 is 2.28 bits per heavy atom. The highest BCUT2D eigenvalue weighted by Gasteiger charge is 2.15. The second-order valence-corrected chi connectivity index (χ2v) is 5.88. The zero-order chi connectivity index (χ0) is 12.8. The quantitative estimate of drug-likeness (QED) is 0.488. The summed E-state index contributed by atoms with van der Waals surface area (Å²) in [5.41, 5.74) is 1.05. The second-order valence-electron chi connectivity index (χ2n) is 4.47. The number of nitro groups is 1. The van der Waals surface area contributed by atoms with Gasteiger partial charge in [-0.1, -0.05) is 18.2 Å². The summed E-state index contributed by atoms with van der Waals surface area (Å²) in [5.74, 6) is 1.27. The van der Waals surface area contributed by atoms with Crippen LogP contribution in [0.4, 0.5) is 5.69 Å². The van der Waals surface area contributed by atoms with Crippen LogP contribution in [0.3, 0.4) is 0 Å². The highest BCUT2D eigenvalue weighted by molar-refractivity contribution is 8.00. The Hall–Kier alpha value is -1.07. The van der Waals surface area contributed by atoms with E-state index in [4.69, 9.17) is 0 Å². The maximum Gasteiger partial charge on any atom is 0.272 e. The molecule has 2 rings (SSSR count). The van der Waals surface area contributed by atoms with Gasteiger partial charge in [-0.25, -0.2) is 0 Å². The third-order valence-electron chi connectivity index (χ3n) is 3.16. The van der Waals surface area contributed by atoms with Crippen molar-refractivity contribution in [2.45, 2.75) is 24.5 Å². The number of benzene rings is 1. The van der Waals surface area contributed by atoms with Crippen molar-refractivity contribution < 1.29 is 4.92 Å². The lowest BCUT2D eigenvalue weighted by atomic mass is 10.1. The highest BCUT2D eigenvalue weighted by Crippen LogP contribution is 2.25. The number of nitrogens with one attached hydrogen (secondary N) is 1. The first-order chi connectivity index (χ1) is 8.77. The molecule has 5 heteroatoms. The van der Waals surface area contributed by atoms with Crippen molar-refractivity contribution in [1.29, 1.82) is 0 Å². The first-order valence-electron chi connectivity index (χ1n) is 6.32. The fourth-order valence-electron chi connectivity index (χ4n) is 2.19. The second kappa shape index (κ2) is 6.75. The van der Waals surface area contributed by atoms with Gasteiger partial charge in [0.2, 0.25) is 0 Å². The lowest BCUT2D eigenvalue weighted by Crippen LogP contribution is -2.25. The van der Waals surface area contributed by atoms with Gasteiger partial charge in [-0.2, -0.15) is 11.8 Å². The zero-order valence-electron chi connectivity index (χ0n) is 10.3. The monoisotopic (exact) mass is 266 g/mol. The third kappa shape index (κ3) is 3.71. The summed E-state index contributed by atoms with van der Waals surface area (Å²) >= 11 is 2.03. The maximum absolute atomic E-state index is 10.8. The molecular formula is C13H18N2O2S. The molecule has 0 spiro atoms.